The summed E-state index contributed by atoms with van der Waals surface area (Å²) in [6, 6.07) is 10.1. The first-order valence-electron chi connectivity index (χ1n) is 14.6. The number of aromatic nitrogens is 4. The van der Waals surface area contributed by atoms with Crippen LogP contribution in [-0.2, 0) is 20.6 Å². The summed E-state index contributed by atoms with van der Waals surface area (Å²) in [7, 11) is 0. The molecule has 0 bridgehead atoms. The predicted octanol–water partition coefficient (Wildman–Crippen LogP) is 4.37. The van der Waals surface area contributed by atoms with Gasteiger partial charge in [0.15, 0.2) is 10.3 Å². The van der Waals surface area contributed by atoms with Crippen LogP contribution in [0.25, 0.3) is 22.3 Å². The summed E-state index contributed by atoms with van der Waals surface area (Å²) in [5.41, 5.74) is 14.9. The quantitative estimate of drug-likeness (QED) is 0.324. The third kappa shape index (κ3) is 5.63. The number of amidine groups is 2. The molecule has 2 saturated heterocycles. The first kappa shape index (κ1) is 30.7. The fourth-order valence-corrected chi connectivity index (χ4v) is 8.30. The lowest BCUT2D eigenvalue weighted by Gasteiger charge is -2.34. The summed E-state index contributed by atoms with van der Waals surface area (Å²) in [5, 5.41) is 1.04. The minimum atomic E-state index is -0.731. The Bertz CT molecular complexity index is 1800. The van der Waals surface area contributed by atoms with Crippen LogP contribution >= 0.6 is 23.5 Å². The Hall–Kier alpha value is -3.98. The highest BCUT2D eigenvalue weighted by Crippen LogP contribution is 2.47. The number of ether oxygens (including phenoxy) is 2. The lowest BCUT2D eigenvalue weighted by molar-refractivity contribution is 0.176. The first-order valence-corrected chi connectivity index (χ1v) is 16.6. The van der Waals surface area contributed by atoms with Crippen molar-refractivity contribution in [2.45, 2.75) is 11.1 Å². The van der Waals surface area contributed by atoms with Gasteiger partial charge in [-0.2, -0.15) is 0 Å². The number of hydrogen-bond acceptors (Lipinski definition) is 12. The number of nitrogens with zero attached hydrogens (tertiary/aromatic N) is 6. The molecule has 46 heavy (non-hydrogen) atoms. The van der Waals surface area contributed by atoms with Gasteiger partial charge in [-0.3, -0.25) is 0 Å². The van der Waals surface area contributed by atoms with Gasteiger partial charge in [0.2, 0.25) is 0 Å². The standard InChI is InChI=1S/2C16H15FN4OS/c17-14-2-1-11(3-13(14)10-4-19-9-20-5-10)16-8-22-6-12(16)7-23-15(18)21-16;17-14-2-1-10(11-4-19-9-20-5-11)3-13(14)16-8-22-6-12(16)7-23-15(18)21-16/h2*1-5,9,12H,6-8H2,(H2,18,21)/t12-,16+;12-,16-/m00/s1. The molecule has 4 aliphatic heterocycles. The number of fused-ring (bicyclic) bond motifs is 2. The van der Waals surface area contributed by atoms with Gasteiger partial charge >= 0.3 is 0 Å². The summed E-state index contributed by atoms with van der Waals surface area (Å²) in [6.07, 6.45) is 9.51. The summed E-state index contributed by atoms with van der Waals surface area (Å²) in [5.74, 6) is 1.41. The molecule has 4 aromatic rings. The van der Waals surface area contributed by atoms with Crippen molar-refractivity contribution in [1.29, 1.82) is 0 Å². The highest BCUT2D eigenvalue weighted by Gasteiger charge is 2.50. The molecule has 4 atom stereocenters. The lowest BCUT2D eigenvalue weighted by Crippen LogP contribution is -2.40. The van der Waals surface area contributed by atoms with Crippen LogP contribution in [-0.4, -0.2) is 68.2 Å². The smallest absolute Gasteiger partial charge is 0.154 e. The van der Waals surface area contributed by atoms with Crippen molar-refractivity contribution in [3.05, 3.63) is 96.6 Å². The number of halogens is 2. The molecule has 236 valence electrons. The molecule has 0 radical (unpaired) electrons. The zero-order valence-electron chi connectivity index (χ0n) is 24.6. The van der Waals surface area contributed by atoms with Gasteiger partial charge in [0.1, 0.15) is 35.4 Å². The Balaban J connectivity index is 0.000000147. The second-order valence-corrected chi connectivity index (χ2v) is 13.5. The molecule has 0 amide bonds. The molecule has 4 aliphatic rings. The molecular formula is C32H30F2N8O2S2. The van der Waals surface area contributed by atoms with Crippen LogP contribution in [0.5, 0.6) is 0 Å². The van der Waals surface area contributed by atoms with Crippen LogP contribution in [0.15, 0.2) is 83.8 Å². The van der Waals surface area contributed by atoms with Gasteiger partial charge in [-0.15, -0.1) is 0 Å². The maximum absolute atomic E-state index is 14.6. The normalized spacial score (nSPS) is 26.7. The van der Waals surface area contributed by atoms with Gasteiger partial charge in [-0.05, 0) is 35.4 Å². The van der Waals surface area contributed by atoms with Gasteiger partial charge in [-0.1, -0.05) is 35.7 Å². The molecular weight excluding hydrogens is 631 g/mol. The Morgan fingerprint density at radius 2 is 1.24 bits per heavy atom. The highest BCUT2D eigenvalue weighted by molar-refractivity contribution is 8.14. The molecule has 8 rings (SSSR count). The van der Waals surface area contributed by atoms with Crippen molar-refractivity contribution in [3.8, 4) is 22.3 Å². The van der Waals surface area contributed by atoms with Crippen LogP contribution in [0.4, 0.5) is 8.78 Å². The number of hydrogen-bond donors (Lipinski definition) is 2. The zero-order chi connectivity index (χ0) is 31.7. The Morgan fingerprint density at radius 1 is 0.674 bits per heavy atom. The van der Waals surface area contributed by atoms with E-state index in [4.69, 9.17) is 20.9 Å². The van der Waals surface area contributed by atoms with Crippen LogP contribution in [0.1, 0.15) is 11.1 Å². The Labute approximate surface area is 272 Å². The number of nitrogens with two attached hydrogens (primary N) is 2. The van der Waals surface area contributed by atoms with Crippen LogP contribution < -0.4 is 11.5 Å². The summed E-state index contributed by atoms with van der Waals surface area (Å²) in [4.78, 5) is 25.3. The Kier molecular flexibility index (Phi) is 8.44. The monoisotopic (exact) mass is 660 g/mol. The van der Waals surface area contributed by atoms with Gasteiger partial charge < -0.3 is 20.9 Å². The van der Waals surface area contributed by atoms with E-state index in [0.29, 0.717) is 53.5 Å². The molecule has 6 heterocycles. The zero-order valence-corrected chi connectivity index (χ0v) is 26.2. The molecule has 0 saturated carbocycles. The van der Waals surface area contributed by atoms with E-state index in [2.05, 4.69) is 29.9 Å². The molecule has 10 nitrogen and oxygen atoms in total. The molecule has 2 aromatic carbocycles. The van der Waals surface area contributed by atoms with E-state index in [-0.39, 0.29) is 23.5 Å². The maximum atomic E-state index is 14.6. The second-order valence-electron chi connectivity index (χ2n) is 11.4. The molecule has 2 aromatic heterocycles. The topological polar surface area (TPSA) is 147 Å². The average Bonchev–Trinajstić information content (AvgIpc) is 3.71. The van der Waals surface area contributed by atoms with Gasteiger partial charge in [0, 0.05) is 70.4 Å². The molecule has 0 aliphatic carbocycles. The number of thioether (sulfide) groups is 2. The van der Waals surface area contributed by atoms with E-state index in [1.165, 1.54) is 36.5 Å². The molecule has 0 spiro atoms. The van der Waals surface area contributed by atoms with Gasteiger partial charge in [0.25, 0.3) is 0 Å². The van der Waals surface area contributed by atoms with Crippen molar-refractivity contribution < 1.29 is 18.3 Å². The number of aliphatic imine (C=N–C) groups is 2. The third-order valence-electron chi connectivity index (χ3n) is 8.78. The van der Waals surface area contributed by atoms with Crippen molar-refractivity contribution in [3.63, 3.8) is 0 Å². The summed E-state index contributed by atoms with van der Waals surface area (Å²) >= 11 is 3.04. The van der Waals surface area contributed by atoms with Crippen LogP contribution in [0.3, 0.4) is 0 Å². The number of benzene rings is 2. The molecule has 4 N–H and O–H groups in total. The fraction of sp³-hybridized carbons (Fsp3) is 0.312. The highest BCUT2D eigenvalue weighted by atomic mass is 32.2. The van der Waals surface area contributed by atoms with E-state index in [1.54, 1.807) is 48.7 Å². The third-order valence-corrected chi connectivity index (χ3v) is 10.7. The van der Waals surface area contributed by atoms with E-state index in [9.17, 15) is 8.78 Å². The molecule has 14 heteroatoms. The summed E-state index contributed by atoms with van der Waals surface area (Å²) in [6.45, 7) is 2.03. The largest absolute Gasteiger partial charge is 0.379 e. The Morgan fingerprint density at radius 3 is 1.91 bits per heavy atom. The second kappa shape index (κ2) is 12.7. The van der Waals surface area contributed by atoms with E-state index < -0.39 is 11.1 Å². The number of rotatable bonds is 4. The predicted molar refractivity (Wildman–Crippen MR) is 175 cm³/mol. The molecule has 0 unspecified atom stereocenters. The van der Waals surface area contributed by atoms with Crippen molar-refractivity contribution in [2.75, 3.05) is 37.9 Å². The van der Waals surface area contributed by atoms with Crippen molar-refractivity contribution in [1.82, 2.24) is 19.9 Å². The lowest BCUT2D eigenvalue weighted by atomic mass is 9.80. The van der Waals surface area contributed by atoms with E-state index >= 15 is 0 Å². The van der Waals surface area contributed by atoms with Crippen molar-refractivity contribution in [2.24, 2.45) is 33.3 Å². The maximum Gasteiger partial charge on any atom is 0.154 e. The first-order chi connectivity index (χ1) is 22.4. The van der Waals surface area contributed by atoms with Crippen LogP contribution in [0, 0.1) is 23.5 Å². The molecule has 2 fully saturated rings. The SMILES string of the molecule is NC1=N[C@@]2(c3cc(-c4cncnc4)ccc3F)COC[C@H]2CS1.NC1=N[C@@]2(c3ccc(F)c(-c4cncnc4)c3)COC[C@H]2CS1. The van der Waals surface area contributed by atoms with E-state index in [1.807, 2.05) is 12.1 Å². The average molecular weight is 661 g/mol. The fourth-order valence-electron chi connectivity index (χ4n) is 6.35. The van der Waals surface area contributed by atoms with Gasteiger partial charge in [-0.25, -0.2) is 38.7 Å². The van der Waals surface area contributed by atoms with E-state index in [0.717, 1.165) is 28.2 Å². The van der Waals surface area contributed by atoms with Crippen molar-refractivity contribution >= 4 is 33.9 Å². The van der Waals surface area contributed by atoms with Crippen LogP contribution in [0.2, 0.25) is 0 Å². The van der Waals surface area contributed by atoms with Gasteiger partial charge in [0.05, 0.1) is 26.4 Å². The minimum absolute atomic E-state index is 0.122. The summed E-state index contributed by atoms with van der Waals surface area (Å²) < 4.78 is 40.2. The minimum Gasteiger partial charge on any atom is -0.379 e.